The molecule has 0 saturated heterocycles. The molecule has 8 heteroatoms. The van der Waals surface area contributed by atoms with Gasteiger partial charge in [0, 0.05) is 34.3 Å². The van der Waals surface area contributed by atoms with Crippen LogP contribution in [0, 0.1) is 6.92 Å². The third kappa shape index (κ3) is 5.45. The largest absolute Gasteiger partial charge is 0.493 e. The van der Waals surface area contributed by atoms with E-state index in [1.807, 2.05) is 45.0 Å². The molecular weight excluding hydrogens is 464 g/mol. The van der Waals surface area contributed by atoms with Crippen molar-refractivity contribution in [2.45, 2.75) is 25.7 Å². The van der Waals surface area contributed by atoms with Crippen LogP contribution in [0.1, 0.15) is 25.0 Å². The van der Waals surface area contributed by atoms with Crippen molar-refractivity contribution in [3.8, 4) is 16.9 Å². The number of furan rings is 1. The van der Waals surface area contributed by atoms with E-state index >= 15 is 0 Å². The van der Waals surface area contributed by atoms with Crippen LogP contribution < -0.4 is 15.2 Å². The summed E-state index contributed by atoms with van der Waals surface area (Å²) in [6.07, 6.45) is 3.20. The fourth-order valence-corrected chi connectivity index (χ4v) is 4.29. The lowest BCUT2D eigenvalue weighted by atomic mass is 9.98. The molecule has 0 aliphatic heterocycles. The van der Waals surface area contributed by atoms with Gasteiger partial charge in [0.1, 0.15) is 11.3 Å². The third-order valence-electron chi connectivity index (χ3n) is 5.56. The quantitative estimate of drug-likeness (QED) is 0.333. The van der Waals surface area contributed by atoms with Crippen molar-refractivity contribution < 1.29 is 22.4 Å². The average Bonchev–Trinajstić information content (AvgIpc) is 3.22. The molecule has 4 aromatic rings. The molecule has 0 unspecified atom stereocenters. The summed E-state index contributed by atoms with van der Waals surface area (Å²) in [6, 6.07) is 17.7. The van der Waals surface area contributed by atoms with Gasteiger partial charge in [-0.2, -0.15) is 0 Å². The summed E-state index contributed by atoms with van der Waals surface area (Å²) in [7, 11) is -3.80. The minimum Gasteiger partial charge on any atom is -0.493 e. The standard InChI is InChI=1S/C27H26N2O5S/c1-4-33-25-15-26-23(24(16-34-26)19-7-5-17(2)6-8-19)14-22(25)18(3)13-27(30)29-20-9-11-21(12-10-20)35(28,31)32/h5-16H,4H2,1-3H3,(H,29,30)(H2,28,31,32)/b18-13+. The molecule has 35 heavy (non-hydrogen) atoms. The van der Waals surface area contributed by atoms with E-state index in [0.29, 0.717) is 29.2 Å². The van der Waals surface area contributed by atoms with Crippen LogP contribution in [0.15, 0.2) is 82.3 Å². The van der Waals surface area contributed by atoms with Crippen LogP contribution >= 0.6 is 0 Å². The minimum absolute atomic E-state index is 0.0265. The SMILES string of the molecule is CCOc1cc2occ(-c3ccc(C)cc3)c2cc1/C(C)=C/C(=O)Nc1ccc(S(N)(=O)=O)cc1. The van der Waals surface area contributed by atoms with Gasteiger partial charge in [0.2, 0.25) is 15.9 Å². The summed E-state index contributed by atoms with van der Waals surface area (Å²) in [6.45, 7) is 6.22. The monoisotopic (exact) mass is 490 g/mol. The number of fused-ring (bicyclic) bond motifs is 1. The zero-order valence-corrected chi connectivity index (χ0v) is 20.5. The highest BCUT2D eigenvalue weighted by Gasteiger charge is 2.15. The van der Waals surface area contributed by atoms with Gasteiger partial charge in [0.15, 0.2) is 0 Å². The van der Waals surface area contributed by atoms with E-state index in [2.05, 4.69) is 17.4 Å². The first-order valence-corrected chi connectivity index (χ1v) is 12.6. The molecule has 0 aliphatic carbocycles. The number of benzene rings is 3. The van der Waals surface area contributed by atoms with Gasteiger partial charge in [-0.25, -0.2) is 13.6 Å². The number of hydrogen-bond acceptors (Lipinski definition) is 5. The second kappa shape index (κ2) is 9.77. The molecule has 7 nitrogen and oxygen atoms in total. The number of allylic oxidation sites excluding steroid dienone is 1. The summed E-state index contributed by atoms with van der Waals surface area (Å²) in [4.78, 5) is 12.7. The number of carbonyl (C=O) groups excluding carboxylic acids is 1. The lowest BCUT2D eigenvalue weighted by Gasteiger charge is -2.12. The van der Waals surface area contributed by atoms with Gasteiger partial charge in [-0.15, -0.1) is 0 Å². The van der Waals surface area contributed by atoms with Gasteiger partial charge in [0.25, 0.3) is 0 Å². The fourth-order valence-electron chi connectivity index (χ4n) is 3.78. The van der Waals surface area contributed by atoms with Crippen LogP contribution in [0.25, 0.3) is 27.7 Å². The summed E-state index contributed by atoms with van der Waals surface area (Å²) in [5.41, 5.74) is 5.77. The van der Waals surface area contributed by atoms with E-state index in [4.69, 9.17) is 14.3 Å². The Labute approximate surface area is 204 Å². The summed E-state index contributed by atoms with van der Waals surface area (Å²) < 4.78 is 34.5. The molecule has 1 amide bonds. The van der Waals surface area contributed by atoms with Gasteiger partial charge in [-0.3, -0.25) is 4.79 Å². The van der Waals surface area contributed by atoms with Crippen LogP contribution in [-0.4, -0.2) is 20.9 Å². The second-order valence-electron chi connectivity index (χ2n) is 8.18. The molecule has 0 aliphatic rings. The van der Waals surface area contributed by atoms with Crippen molar-refractivity contribution >= 4 is 38.2 Å². The maximum Gasteiger partial charge on any atom is 0.248 e. The molecule has 0 spiro atoms. The molecule has 1 heterocycles. The van der Waals surface area contributed by atoms with Crippen molar-refractivity contribution in [2.24, 2.45) is 5.14 Å². The van der Waals surface area contributed by atoms with Crippen molar-refractivity contribution in [2.75, 3.05) is 11.9 Å². The Balaban J connectivity index is 1.67. The molecule has 180 valence electrons. The van der Waals surface area contributed by atoms with Gasteiger partial charge in [-0.05, 0) is 62.2 Å². The molecular formula is C27H26N2O5S. The third-order valence-corrected chi connectivity index (χ3v) is 6.49. The number of aryl methyl sites for hydroxylation is 1. The smallest absolute Gasteiger partial charge is 0.248 e. The molecule has 1 aromatic heterocycles. The highest BCUT2D eigenvalue weighted by molar-refractivity contribution is 7.89. The summed E-state index contributed by atoms with van der Waals surface area (Å²) >= 11 is 0. The fraction of sp³-hybridized carbons (Fsp3) is 0.148. The van der Waals surface area contributed by atoms with E-state index in [1.54, 1.807) is 6.26 Å². The zero-order valence-electron chi connectivity index (χ0n) is 19.7. The van der Waals surface area contributed by atoms with Crippen LogP contribution in [0.5, 0.6) is 5.75 Å². The van der Waals surface area contributed by atoms with Gasteiger partial charge >= 0.3 is 0 Å². The highest BCUT2D eigenvalue weighted by Crippen LogP contribution is 2.37. The molecule has 0 atom stereocenters. The topological polar surface area (TPSA) is 112 Å². The first-order valence-electron chi connectivity index (χ1n) is 11.0. The number of primary sulfonamides is 1. The first-order chi connectivity index (χ1) is 16.7. The molecule has 4 rings (SSSR count). The number of rotatable bonds is 7. The highest BCUT2D eigenvalue weighted by atomic mass is 32.2. The number of ether oxygens (including phenoxy) is 1. The molecule has 0 radical (unpaired) electrons. The molecule has 3 aromatic carbocycles. The van der Waals surface area contributed by atoms with Gasteiger partial charge in [0.05, 0.1) is 17.8 Å². The minimum atomic E-state index is -3.80. The van der Waals surface area contributed by atoms with Crippen LogP contribution in [-0.2, 0) is 14.8 Å². The number of hydrogen-bond donors (Lipinski definition) is 2. The Bertz CT molecular complexity index is 1520. The van der Waals surface area contributed by atoms with Crippen LogP contribution in [0.4, 0.5) is 5.69 Å². The Kier molecular flexibility index (Phi) is 6.77. The van der Waals surface area contributed by atoms with E-state index < -0.39 is 10.0 Å². The summed E-state index contributed by atoms with van der Waals surface area (Å²) in [5, 5.41) is 8.77. The lowest BCUT2D eigenvalue weighted by Crippen LogP contribution is -2.12. The van der Waals surface area contributed by atoms with Crippen LogP contribution in [0.3, 0.4) is 0 Å². The van der Waals surface area contributed by atoms with E-state index in [1.165, 1.54) is 35.9 Å². The lowest BCUT2D eigenvalue weighted by molar-refractivity contribution is -0.111. The maximum absolute atomic E-state index is 12.7. The number of amides is 1. The Morgan fingerprint density at radius 1 is 1.09 bits per heavy atom. The predicted molar refractivity (Wildman–Crippen MR) is 138 cm³/mol. The number of nitrogens with two attached hydrogens (primary N) is 1. The predicted octanol–water partition coefficient (Wildman–Crippen LogP) is 5.50. The number of sulfonamides is 1. The maximum atomic E-state index is 12.7. The Hall–Kier alpha value is -3.88. The number of anilines is 1. The average molecular weight is 491 g/mol. The second-order valence-corrected chi connectivity index (χ2v) is 9.74. The molecule has 0 fully saturated rings. The summed E-state index contributed by atoms with van der Waals surface area (Å²) in [5.74, 6) is 0.253. The van der Waals surface area contributed by atoms with Crippen molar-refractivity contribution in [3.63, 3.8) is 0 Å². The molecule has 3 N–H and O–H groups in total. The van der Waals surface area contributed by atoms with Crippen molar-refractivity contribution in [1.82, 2.24) is 0 Å². The van der Waals surface area contributed by atoms with E-state index in [-0.39, 0.29) is 10.8 Å². The number of nitrogens with one attached hydrogen (secondary N) is 1. The normalized spacial score (nSPS) is 12.1. The Morgan fingerprint density at radius 3 is 2.40 bits per heavy atom. The van der Waals surface area contributed by atoms with Gasteiger partial charge < -0.3 is 14.5 Å². The zero-order chi connectivity index (χ0) is 25.2. The molecule has 0 saturated carbocycles. The first kappa shape index (κ1) is 24.3. The molecule has 0 bridgehead atoms. The van der Waals surface area contributed by atoms with Gasteiger partial charge in [-0.1, -0.05) is 29.8 Å². The van der Waals surface area contributed by atoms with Crippen LogP contribution in [0.2, 0.25) is 0 Å². The Morgan fingerprint density at radius 2 is 1.77 bits per heavy atom. The van der Waals surface area contributed by atoms with E-state index in [0.717, 1.165) is 22.1 Å². The van der Waals surface area contributed by atoms with Crippen molar-refractivity contribution in [1.29, 1.82) is 0 Å². The number of carbonyl (C=O) groups is 1. The van der Waals surface area contributed by atoms with Crippen molar-refractivity contribution in [3.05, 3.63) is 84.1 Å². The van der Waals surface area contributed by atoms with E-state index in [9.17, 15) is 13.2 Å².